The van der Waals surface area contributed by atoms with Gasteiger partial charge in [0.05, 0.1) is 7.11 Å². The summed E-state index contributed by atoms with van der Waals surface area (Å²) >= 11 is 1.66. The van der Waals surface area contributed by atoms with Crippen LogP contribution in [0.15, 0.2) is 59.5 Å². The number of thioether (sulfide) groups is 1. The van der Waals surface area contributed by atoms with E-state index >= 15 is 0 Å². The molecular formula is C21H23NO4S. The molecule has 0 atom stereocenters. The van der Waals surface area contributed by atoms with Gasteiger partial charge in [0.2, 0.25) is 0 Å². The monoisotopic (exact) mass is 385 g/mol. The van der Waals surface area contributed by atoms with E-state index in [4.69, 9.17) is 9.47 Å². The normalized spacial score (nSPS) is 10.6. The first kappa shape index (κ1) is 20.6. The minimum atomic E-state index is -0.568. The SMILES string of the molecule is COc1cccc(/C=C/C(=O)OCC(=O)NCCSc2ccc(C)cc2)c1. The van der Waals surface area contributed by atoms with Crippen LogP contribution in [0, 0.1) is 6.92 Å². The Bertz CT molecular complexity index is 787. The Labute approximate surface area is 163 Å². The Balaban J connectivity index is 1.63. The van der Waals surface area contributed by atoms with E-state index in [9.17, 15) is 9.59 Å². The molecular weight excluding hydrogens is 362 g/mol. The number of rotatable bonds is 9. The summed E-state index contributed by atoms with van der Waals surface area (Å²) < 4.78 is 10.1. The molecule has 27 heavy (non-hydrogen) atoms. The Kier molecular flexibility index (Phi) is 8.45. The van der Waals surface area contributed by atoms with Crippen molar-refractivity contribution >= 4 is 29.7 Å². The zero-order chi connectivity index (χ0) is 19.5. The maximum absolute atomic E-state index is 11.7. The lowest BCUT2D eigenvalue weighted by Crippen LogP contribution is -2.30. The van der Waals surface area contributed by atoms with Crippen LogP contribution >= 0.6 is 11.8 Å². The van der Waals surface area contributed by atoms with Crippen molar-refractivity contribution in [3.05, 3.63) is 65.7 Å². The lowest BCUT2D eigenvalue weighted by molar-refractivity contribution is -0.143. The number of carbonyl (C=O) groups is 2. The number of amides is 1. The van der Waals surface area contributed by atoms with Crippen LogP contribution in [0.2, 0.25) is 0 Å². The molecule has 0 fully saturated rings. The molecule has 0 aromatic heterocycles. The summed E-state index contributed by atoms with van der Waals surface area (Å²) in [5.41, 5.74) is 2.03. The smallest absolute Gasteiger partial charge is 0.331 e. The third-order valence-corrected chi connectivity index (χ3v) is 4.58. The van der Waals surface area contributed by atoms with E-state index in [2.05, 4.69) is 29.6 Å². The average molecular weight is 385 g/mol. The number of methoxy groups -OCH3 is 1. The highest BCUT2D eigenvalue weighted by Gasteiger charge is 2.05. The summed E-state index contributed by atoms with van der Waals surface area (Å²) in [5, 5.41) is 2.73. The Morgan fingerprint density at radius 2 is 1.93 bits per heavy atom. The molecule has 2 rings (SSSR count). The predicted octanol–water partition coefficient (Wildman–Crippen LogP) is 3.47. The van der Waals surface area contributed by atoms with Crippen molar-refractivity contribution < 1.29 is 19.1 Å². The van der Waals surface area contributed by atoms with E-state index < -0.39 is 5.97 Å². The van der Waals surface area contributed by atoms with Crippen molar-refractivity contribution in [1.29, 1.82) is 0 Å². The lowest BCUT2D eigenvalue weighted by atomic mass is 10.2. The van der Waals surface area contributed by atoms with Gasteiger partial charge < -0.3 is 14.8 Å². The lowest BCUT2D eigenvalue weighted by Gasteiger charge is -2.06. The first-order valence-electron chi connectivity index (χ1n) is 8.52. The molecule has 0 saturated carbocycles. The molecule has 0 unspecified atom stereocenters. The van der Waals surface area contributed by atoms with Crippen molar-refractivity contribution in [3.63, 3.8) is 0 Å². The van der Waals surface area contributed by atoms with Crippen LogP contribution in [0.5, 0.6) is 5.75 Å². The first-order valence-corrected chi connectivity index (χ1v) is 9.50. The zero-order valence-electron chi connectivity index (χ0n) is 15.4. The second kappa shape index (κ2) is 11.1. The van der Waals surface area contributed by atoms with E-state index in [1.165, 1.54) is 11.6 Å². The summed E-state index contributed by atoms with van der Waals surface area (Å²) in [4.78, 5) is 24.6. The van der Waals surface area contributed by atoms with Crippen molar-refractivity contribution in [3.8, 4) is 5.75 Å². The standard InChI is InChI=1S/C21H23NO4S/c1-16-6-9-19(10-7-16)27-13-12-22-20(23)15-26-21(24)11-8-17-4-3-5-18(14-17)25-2/h3-11,14H,12-13,15H2,1-2H3,(H,22,23)/b11-8+. The summed E-state index contributed by atoms with van der Waals surface area (Å²) in [5.74, 6) is 0.566. The van der Waals surface area contributed by atoms with Gasteiger partial charge in [-0.15, -0.1) is 11.8 Å². The number of hydrogen-bond acceptors (Lipinski definition) is 5. The molecule has 0 radical (unpaired) electrons. The highest BCUT2D eigenvalue weighted by Crippen LogP contribution is 2.17. The number of benzene rings is 2. The van der Waals surface area contributed by atoms with Crippen molar-refractivity contribution in [2.45, 2.75) is 11.8 Å². The second-order valence-corrected chi connectivity index (χ2v) is 6.90. The van der Waals surface area contributed by atoms with E-state index in [0.717, 1.165) is 16.2 Å². The van der Waals surface area contributed by atoms with Gasteiger partial charge in [0.1, 0.15) is 5.75 Å². The highest BCUT2D eigenvalue weighted by molar-refractivity contribution is 7.99. The largest absolute Gasteiger partial charge is 0.497 e. The van der Waals surface area contributed by atoms with E-state index in [1.54, 1.807) is 31.0 Å². The Morgan fingerprint density at radius 1 is 1.15 bits per heavy atom. The summed E-state index contributed by atoms with van der Waals surface area (Å²) in [6.45, 7) is 2.26. The third kappa shape index (κ3) is 8.00. The fourth-order valence-corrected chi connectivity index (χ4v) is 2.91. The Morgan fingerprint density at radius 3 is 2.67 bits per heavy atom. The molecule has 0 aliphatic carbocycles. The van der Waals surface area contributed by atoms with E-state index in [-0.39, 0.29) is 12.5 Å². The molecule has 0 heterocycles. The zero-order valence-corrected chi connectivity index (χ0v) is 16.3. The van der Waals surface area contributed by atoms with Gasteiger partial charge in [-0.2, -0.15) is 0 Å². The van der Waals surface area contributed by atoms with Gasteiger partial charge >= 0.3 is 5.97 Å². The van der Waals surface area contributed by atoms with Gasteiger partial charge in [-0.3, -0.25) is 4.79 Å². The van der Waals surface area contributed by atoms with Crippen LogP contribution in [-0.2, 0) is 14.3 Å². The molecule has 0 aliphatic rings. The summed E-state index contributed by atoms with van der Waals surface area (Å²) in [6.07, 6.45) is 2.90. The molecule has 142 valence electrons. The molecule has 6 heteroatoms. The quantitative estimate of drug-likeness (QED) is 0.310. The average Bonchev–Trinajstić information content (AvgIpc) is 2.69. The fourth-order valence-electron chi connectivity index (χ4n) is 2.14. The molecule has 2 aromatic rings. The van der Waals surface area contributed by atoms with Gasteiger partial charge in [-0.25, -0.2) is 4.79 Å². The van der Waals surface area contributed by atoms with Crippen molar-refractivity contribution in [1.82, 2.24) is 5.32 Å². The third-order valence-electron chi connectivity index (χ3n) is 3.57. The van der Waals surface area contributed by atoms with Crippen LogP contribution < -0.4 is 10.1 Å². The summed E-state index contributed by atoms with van der Waals surface area (Å²) in [7, 11) is 1.58. The molecule has 2 aromatic carbocycles. The minimum Gasteiger partial charge on any atom is -0.497 e. The van der Waals surface area contributed by atoms with Crippen LogP contribution in [-0.4, -0.2) is 37.9 Å². The fraction of sp³-hybridized carbons (Fsp3) is 0.238. The van der Waals surface area contributed by atoms with Gasteiger partial charge in [-0.05, 0) is 42.8 Å². The van der Waals surface area contributed by atoms with E-state index in [1.807, 2.05) is 25.1 Å². The number of carbonyl (C=O) groups excluding carboxylic acids is 2. The highest BCUT2D eigenvalue weighted by atomic mass is 32.2. The number of ether oxygens (including phenoxy) is 2. The molecule has 0 spiro atoms. The van der Waals surface area contributed by atoms with Crippen LogP contribution in [0.1, 0.15) is 11.1 Å². The van der Waals surface area contributed by atoms with Crippen LogP contribution in [0.25, 0.3) is 6.08 Å². The topological polar surface area (TPSA) is 64.6 Å². The molecule has 1 N–H and O–H groups in total. The van der Waals surface area contributed by atoms with Crippen LogP contribution in [0.3, 0.4) is 0 Å². The maximum Gasteiger partial charge on any atom is 0.331 e. The second-order valence-electron chi connectivity index (χ2n) is 5.73. The molecule has 0 bridgehead atoms. The minimum absolute atomic E-state index is 0.295. The Hall–Kier alpha value is -2.73. The van der Waals surface area contributed by atoms with Crippen molar-refractivity contribution in [2.75, 3.05) is 26.0 Å². The van der Waals surface area contributed by atoms with E-state index in [0.29, 0.717) is 12.3 Å². The van der Waals surface area contributed by atoms with Crippen LogP contribution in [0.4, 0.5) is 0 Å². The predicted molar refractivity (Wildman–Crippen MR) is 108 cm³/mol. The number of nitrogens with one attached hydrogen (secondary N) is 1. The summed E-state index contributed by atoms with van der Waals surface area (Å²) in [6, 6.07) is 15.5. The van der Waals surface area contributed by atoms with Gasteiger partial charge in [0, 0.05) is 23.3 Å². The number of aryl methyl sites for hydroxylation is 1. The van der Waals surface area contributed by atoms with Gasteiger partial charge in [0.25, 0.3) is 5.91 Å². The van der Waals surface area contributed by atoms with Crippen molar-refractivity contribution in [2.24, 2.45) is 0 Å². The maximum atomic E-state index is 11.7. The molecule has 0 saturated heterocycles. The van der Waals surface area contributed by atoms with Gasteiger partial charge in [0.15, 0.2) is 6.61 Å². The first-order chi connectivity index (χ1) is 13.1. The molecule has 5 nitrogen and oxygen atoms in total. The van der Waals surface area contributed by atoms with Gasteiger partial charge in [-0.1, -0.05) is 29.8 Å². The number of esters is 1. The molecule has 1 amide bonds. The number of hydrogen-bond donors (Lipinski definition) is 1. The molecule has 0 aliphatic heterocycles.